The molecule has 0 aliphatic rings. The predicted molar refractivity (Wildman–Crippen MR) is 119 cm³/mol. The molecule has 4 aromatic carbocycles. The standard InChI is InChI=1S/C14H11N.C12H9N/c1-2-7-13(8-3-1)15-11-10-12-6-4-5-9-14(12)15;1-3-7-11-9(5-1)10-6-2-4-8-12(10)13-11/h1-11H;1-8,13H. The van der Waals surface area contributed by atoms with E-state index in [2.05, 4.69) is 119 Å². The van der Waals surface area contributed by atoms with E-state index in [1.165, 1.54) is 38.4 Å². The molecule has 0 fully saturated rings. The van der Waals surface area contributed by atoms with Crippen LogP contribution in [0.15, 0.2) is 115 Å². The van der Waals surface area contributed by atoms with Crippen LogP contribution in [0.5, 0.6) is 0 Å². The molecule has 6 rings (SSSR count). The zero-order valence-electron chi connectivity index (χ0n) is 15.4. The van der Waals surface area contributed by atoms with E-state index in [1.807, 2.05) is 6.07 Å². The molecule has 0 aliphatic carbocycles. The van der Waals surface area contributed by atoms with Crippen molar-refractivity contribution in [2.45, 2.75) is 0 Å². The molecule has 28 heavy (non-hydrogen) atoms. The van der Waals surface area contributed by atoms with E-state index in [0.29, 0.717) is 0 Å². The van der Waals surface area contributed by atoms with Gasteiger partial charge in [-0.05, 0) is 41.8 Å². The van der Waals surface area contributed by atoms with Crippen molar-refractivity contribution in [3.8, 4) is 5.69 Å². The SMILES string of the molecule is c1ccc(-n2ccc3ccccc32)cc1.c1ccc2c(c1)[nH]c1ccccc12. The molecular weight excluding hydrogens is 340 g/mol. The highest BCUT2D eigenvalue weighted by molar-refractivity contribution is 6.06. The van der Waals surface area contributed by atoms with E-state index in [-0.39, 0.29) is 0 Å². The summed E-state index contributed by atoms with van der Waals surface area (Å²) in [6.07, 6.45) is 2.11. The fraction of sp³-hybridized carbons (Fsp3) is 0. The van der Waals surface area contributed by atoms with Gasteiger partial charge in [-0.25, -0.2) is 0 Å². The zero-order chi connectivity index (χ0) is 18.8. The van der Waals surface area contributed by atoms with Gasteiger partial charge >= 0.3 is 0 Å². The molecule has 0 amide bonds. The average molecular weight is 360 g/mol. The number of H-pyrrole nitrogens is 1. The van der Waals surface area contributed by atoms with E-state index >= 15 is 0 Å². The van der Waals surface area contributed by atoms with Crippen LogP contribution in [-0.4, -0.2) is 9.55 Å². The van der Waals surface area contributed by atoms with Crippen molar-refractivity contribution in [2.75, 3.05) is 0 Å². The van der Waals surface area contributed by atoms with Gasteiger partial charge in [-0.1, -0.05) is 72.8 Å². The number of benzene rings is 4. The van der Waals surface area contributed by atoms with Crippen molar-refractivity contribution in [1.82, 2.24) is 9.55 Å². The van der Waals surface area contributed by atoms with Crippen LogP contribution in [0.1, 0.15) is 0 Å². The maximum Gasteiger partial charge on any atom is 0.0528 e. The lowest BCUT2D eigenvalue weighted by Gasteiger charge is -2.04. The van der Waals surface area contributed by atoms with Crippen molar-refractivity contribution in [3.63, 3.8) is 0 Å². The van der Waals surface area contributed by atoms with E-state index in [1.54, 1.807) is 0 Å². The molecular formula is C26H20N2. The van der Waals surface area contributed by atoms with Gasteiger partial charge in [0.05, 0.1) is 5.52 Å². The topological polar surface area (TPSA) is 20.7 Å². The predicted octanol–water partition coefficient (Wildman–Crippen LogP) is 6.95. The molecule has 0 saturated carbocycles. The van der Waals surface area contributed by atoms with Gasteiger partial charge in [-0.3, -0.25) is 0 Å². The molecule has 0 saturated heterocycles. The highest BCUT2D eigenvalue weighted by atomic mass is 15.0. The smallest absolute Gasteiger partial charge is 0.0528 e. The summed E-state index contributed by atoms with van der Waals surface area (Å²) >= 11 is 0. The molecule has 0 spiro atoms. The first kappa shape index (κ1) is 16.4. The third-order valence-electron chi connectivity index (χ3n) is 5.05. The minimum absolute atomic E-state index is 1.21. The molecule has 2 heteroatoms. The summed E-state index contributed by atoms with van der Waals surface area (Å²) in [5.41, 5.74) is 4.88. The average Bonchev–Trinajstić information content (AvgIpc) is 3.36. The Morgan fingerprint density at radius 1 is 0.500 bits per heavy atom. The summed E-state index contributed by atoms with van der Waals surface area (Å²) in [6, 6.07) is 37.7. The lowest BCUT2D eigenvalue weighted by Crippen LogP contribution is -1.89. The molecule has 2 aromatic heterocycles. The normalized spacial score (nSPS) is 10.9. The first-order valence-corrected chi connectivity index (χ1v) is 9.47. The number of nitrogens with zero attached hydrogens (tertiary/aromatic N) is 1. The minimum atomic E-state index is 1.21. The summed E-state index contributed by atoms with van der Waals surface area (Å²) in [5, 5.41) is 3.89. The Balaban J connectivity index is 0.000000123. The van der Waals surface area contributed by atoms with Crippen molar-refractivity contribution < 1.29 is 0 Å². The Labute approximate surface area is 163 Å². The van der Waals surface area contributed by atoms with Crippen LogP contribution in [0.25, 0.3) is 38.4 Å². The first-order valence-electron chi connectivity index (χ1n) is 9.47. The second kappa shape index (κ2) is 7.09. The van der Waals surface area contributed by atoms with Gasteiger partial charge in [-0.2, -0.15) is 0 Å². The monoisotopic (exact) mass is 360 g/mol. The largest absolute Gasteiger partial charge is 0.355 e. The van der Waals surface area contributed by atoms with E-state index < -0.39 is 0 Å². The quantitative estimate of drug-likeness (QED) is 0.327. The van der Waals surface area contributed by atoms with Crippen molar-refractivity contribution in [1.29, 1.82) is 0 Å². The van der Waals surface area contributed by atoms with Crippen LogP contribution < -0.4 is 0 Å². The Morgan fingerprint density at radius 3 is 1.79 bits per heavy atom. The molecule has 1 N–H and O–H groups in total. The van der Waals surface area contributed by atoms with Gasteiger partial charge < -0.3 is 9.55 Å². The molecule has 134 valence electrons. The first-order chi connectivity index (χ1) is 13.9. The van der Waals surface area contributed by atoms with Gasteiger partial charge in [-0.15, -0.1) is 0 Å². The number of fused-ring (bicyclic) bond motifs is 4. The van der Waals surface area contributed by atoms with Crippen molar-refractivity contribution in [3.05, 3.63) is 115 Å². The summed E-state index contributed by atoms with van der Waals surface area (Å²) in [6.45, 7) is 0. The zero-order valence-corrected chi connectivity index (χ0v) is 15.4. The number of para-hydroxylation sites is 4. The maximum atomic E-state index is 3.38. The number of aromatic amines is 1. The molecule has 6 aromatic rings. The molecule has 0 unspecified atom stereocenters. The van der Waals surface area contributed by atoms with E-state index in [9.17, 15) is 0 Å². The summed E-state index contributed by atoms with van der Waals surface area (Å²) in [4.78, 5) is 3.38. The van der Waals surface area contributed by atoms with Crippen LogP contribution in [0.4, 0.5) is 0 Å². The third kappa shape index (κ3) is 2.95. The Hall–Kier alpha value is -3.78. The summed E-state index contributed by atoms with van der Waals surface area (Å²) < 4.78 is 2.20. The Morgan fingerprint density at radius 2 is 1.07 bits per heavy atom. The number of hydrogen-bond acceptors (Lipinski definition) is 0. The minimum Gasteiger partial charge on any atom is -0.355 e. The van der Waals surface area contributed by atoms with Crippen LogP contribution in [0.3, 0.4) is 0 Å². The van der Waals surface area contributed by atoms with Gasteiger partial charge in [0.1, 0.15) is 0 Å². The number of aromatic nitrogens is 2. The van der Waals surface area contributed by atoms with Crippen LogP contribution in [0.2, 0.25) is 0 Å². The maximum absolute atomic E-state index is 3.38. The number of rotatable bonds is 1. The summed E-state index contributed by atoms with van der Waals surface area (Å²) in [5.74, 6) is 0. The Kier molecular flexibility index (Phi) is 4.15. The lowest BCUT2D eigenvalue weighted by molar-refractivity contribution is 1.13. The van der Waals surface area contributed by atoms with E-state index in [0.717, 1.165) is 0 Å². The highest BCUT2D eigenvalue weighted by Gasteiger charge is 2.01. The lowest BCUT2D eigenvalue weighted by atomic mass is 10.2. The van der Waals surface area contributed by atoms with E-state index in [4.69, 9.17) is 0 Å². The fourth-order valence-electron chi connectivity index (χ4n) is 3.70. The molecule has 0 aliphatic heterocycles. The van der Waals surface area contributed by atoms with Crippen molar-refractivity contribution in [2.24, 2.45) is 0 Å². The summed E-state index contributed by atoms with van der Waals surface area (Å²) in [7, 11) is 0. The molecule has 2 nitrogen and oxygen atoms in total. The second-order valence-electron chi connectivity index (χ2n) is 6.80. The molecule has 0 bridgehead atoms. The van der Waals surface area contributed by atoms with Crippen LogP contribution in [0, 0.1) is 0 Å². The highest BCUT2D eigenvalue weighted by Crippen LogP contribution is 2.24. The van der Waals surface area contributed by atoms with Crippen molar-refractivity contribution >= 4 is 32.7 Å². The number of hydrogen-bond donors (Lipinski definition) is 1. The van der Waals surface area contributed by atoms with Gasteiger partial charge in [0, 0.05) is 33.7 Å². The van der Waals surface area contributed by atoms with Crippen LogP contribution >= 0.6 is 0 Å². The molecule has 0 radical (unpaired) electrons. The molecule has 2 heterocycles. The molecule has 0 atom stereocenters. The second-order valence-corrected chi connectivity index (χ2v) is 6.80. The van der Waals surface area contributed by atoms with Gasteiger partial charge in [0.2, 0.25) is 0 Å². The Bertz CT molecular complexity index is 1310. The van der Waals surface area contributed by atoms with Gasteiger partial charge in [0.15, 0.2) is 0 Å². The van der Waals surface area contributed by atoms with Crippen LogP contribution in [-0.2, 0) is 0 Å². The fourth-order valence-corrected chi connectivity index (χ4v) is 3.70. The third-order valence-corrected chi connectivity index (χ3v) is 5.05. The van der Waals surface area contributed by atoms with Gasteiger partial charge in [0.25, 0.3) is 0 Å². The number of nitrogens with one attached hydrogen (secondary N) is 1.